The van der Waals surface area contributed by atoms with Gasteiger partial charge in [-0.3, -0.25) is 14.2 Å². The van der Waals surface area contributed by atoms with Gasteiger partial charge in [-0.25, -0.2) is 0 Å². The van der Waals surface area contributed by atoms with E-state index in [2.05, 4.69) is 0 Å². The smallest absolute Gasteiger partial charge is 0.297 e. The molecule has 5 heteroatoms. The maximum atomic E-state index is 11.8. The number of aldehydes is 1. The predicted octanol–water partition coefficient (Wildman–Crippen LogP) is 2.98. The number of halogens is 1. The summed E-state index contributed by atoms with van der Waals surface area (Å²) in [4.78, 5) is 22.5. The third kappa shape index (κ3) is 2.06. The average Bonchev–Trinajstić information content (AvgIpc) is 2.58. The van der Waals surface area contributed by atoms with E-state index in [4.69, 9.17) is 11.6 Å². The second-order valence-corrected chi connectivity index (χ2v) is 5.10. The number of carbonyl (C=O) groups excluding carboxylic acids is 1. The summed E-state index contributed by atoms with van der Waals surface area (Å²) in [5.74, 6) is 0. The van der Waals surface area contributed by atoms with Crippen LogP contribution in [0.4, 0.5) is 0 Å². The molecule has 1 heterocycles. The van der Waals surface area contributed by atoms with Crippen molar-refractivity contribution in [3.63, 3.8) is 0 Å². The molecule has 0 bridgehead atoms. The van der Waals surface area contributed by atoms with Gasteiger partial charge in [-0.05, 0) is 37.1 Å². The van der Waals surface area contributed by atoms with Crippen LogP contribution in [-0.2, 0) is 0 Å². The van der Waals surface area contributed by atoms with Gasteiger partial charge in [-0.1, -0.05) is 29.0 Å². The first-order chi connectivity index (χ1) is 8.04. The van der Waals surface area contributed by atoms with Gasteiger partial charge >= 0.3 is 4.87 Å². The zero-order valence-electron chi connectivity index (χ0n) is 9.36. The number of thiazole rings is 1. The van der Waals surface area contributed by atoms with E-state index in [1.807, 2.05) is 32.0 Å². The topological polar surface area (TPSA) is 39.1 Å². The molecule has 2 aromatic rings. The maximum Gasteiger partial charge on any atom is 0.313 e. The molecule has 88 valence electrons. The fourth-order valence-corrected chi connectivity index (χ4v) is 2.61. The molecule has 0 aliphatic rings. The average molecular weight is 268 g/mol. The van der Waals surface area contributed by atoms with Gasteiger partial charge in [0, 0.05) is 0 Å². The Kier molecular flexibility index (Phi) is 3.17. The number of aryl methyl sites for hydroxylation is 2. The maximum absolute atomic E-state index is 11.8. The molecule has 0 saturated heterocycles. The normalized spacial score (nSPS) is 10.5. The number of nitrogens with zero attached hydrogens (tertiary/aromatic N) is 1. The molecule has 0 amide bonds. The second kappa shape index (κ2) is 4.47. The first-order valence-electron chi connectivity index (χ1n) is 4.98. The van der Waals surface area contributed by atoms with Crippen molar-refractivity contribution in [2.45, 2.75) is 13.8 Å². The van der Waals surface area contributed by atoms with Crippen LogP contribution < -0.4 is 4.87 Å². The van der Waals surface area contributed by atoms with Crippen LogP contribution in [-0.4, -0.2) is 10.9 Å². The van der Waals surface area contributed by atoms with Crippen molar-refractivity contribution in [1.29, 1.82) is 0 Å². The van der Waals surface area contributed by atoms with Gasteiger partial charge in [0.15, 0.2) is 6.29 Å². The van der Waals surface area contributed by atoms with Crippen LogP contribution >= 0.6 is 22.9 Å². The number of hydrogen-bond acceptors (Lipinski definition) is 3. The summed E-state index contributed by atoms with van der Waals surface area (Å²) < 4.78 is 1.35. The molecule has 1 aromatic heterocycles. The summed E-state index contributed by atoms with van der Waals surface area (Å²) in [5.41, 5.74) is 2.90. The van der Waals surface area contributed by atoms with E-state index >= 15 is 0 Å². The van der Waals surface area contributed by atoms with Crippen LogP contribution in [0.2, 0.25) is 5.15 Å². The van der Waals surface area contributed by atoms with Gasteiger partial charge in [-0.2, -0.15) is 0 Å². The standard InChI is InChI=1S/C12H10ClNO2S/c1-7-3-4-9(5-8(7)2)14-11(13)10(6-15)17-12(14)16/h3-6H,1-2H3. The van der Waals surface area contributed by atoms with Gasteiger partial charge in [0.25, 0.3) is 0 Å². The Morgan fingerprint density at radius 2 is 2.00 bits per heavy atom. The van der Waals surface area contributed by atoms with Crippen LogP contribution in [0.5, 0.6) is 0 Å². The molecular weight excluding hydrogens is 258 g/mol. The van der Waals surface area contributed by atoms with Crippen LogP contribution in [0.15, 0.2) is 23.0 Å². The van der Waals surface area contributed by atoms with E-state index in [0.717, 1.165) is 22.5 Å². The molecule has 1 aromatic carbocycles. The fraction of sp³-hybridized carbons (Fsp3) is 0.167. The highest BCUT2D eigenvalue weighted by Gasteiger charge is 2.13. The van der Waals surface area contributed by atoms with Gasteiger partial charge in [0.2, 0.25) is 0 Å². The van der Waals surface area contributed by atoms with Crippen molar-refractivity contribution in [3.8, 4) is 5.69 Å². The molecule has 0 fully saturated rings. The Morgan fingerprint density at radius 3 is 2.53 bits per heavy atom. The molecular formula is C12H10ClNO2S. The third-order valence-electron chi connectivity index (χ3n) is 2.64. The molecule has 3 nitrogen and oxygen atoms in total. The molecule has 17 heavy (non-hydrogen) atoms. The first kappa shape index (κ1) is 12.1. The molecule has 0 aliphatic heterocycles. The van der Waals surface area contributed by atoms with Gasteiger partial charge in [-0.15, -0.1) is 0 Å². The number of rotatable bonds is 2. The summed E-state index contributed by atoms with van der Waals surface area (Å²) in [7, 11) is 0. The quantitative estimate of drug-likeness (QED) is 0.785. The SMILES string of the molecule is Cc1ccc(-n2c(Cl)c(C=O)sc2=O)cc1C. The van der Waals surface area contributed by atoms with Gasteiger partial charge < -0.3 is 0 Å². The minimum Gasteiger partial charge on any atom is -0.297 e. The highest BCUT2D eigenvalue weighted by molar-refractivity contribution is 7.11. The molecule has 0 aliphatic carbocycles. The monoisotopic (exact) mass is 267 g/mol. The van der Waals surface area contributed by atoms with E-state index < -0.39 is 0 Å². The largest absolute Gasteiger partial charge is 0.313 e. The Hall–Kier alpha value is -1.39. The lowest BCUT2D eigenvalue weighted by molar-refractivity contribution is 0.112. The summed E-state index contributed by atoms with van der Waals surface area (Å²) >= 11 is 6.85. The van der Waals surface area contributed by atoms with E-state index in [0.29, 0.717) is 12.0 Å². The number of aromatic nitrogens is 1. The summed E-state index contributed by atoms with van der Waals surface area (Å²) in [6.07, 6.45) is 0.603. The highest BCUT2D eigenvalue weighted by Crippen LogP contribution is 2.22. The van der Waals surface area contributed by atoms with Gasteiger partial charge in [0.05, 0.1) is 5.69 Å². The van der Waals surface area contributed by atoms with Crippen molar-refractivity contribution in [1.82, 2.24) is 4.57 Å². The van der Waals surface area contributed by atoms with Crippen molar-refractivity contribution in [3.05, 3.63) is 49.0 Å². The van der Waals surface area contributed by atoms with Crippen molar-refractivity contribution in [2.24, 2.45) is 0 Å². The fourth-order valence-electron chi connectivity index (χ4n) is 1.53. The number of benzene rings is 1. The van der Waals surface area contributed by atoms with Crippen LogP contribution in [0.1, 0.15) is 20.8 Å². The zero-order chi connectivity index (χ0) is 12.6. The van der Waals surface area contributed by atoms with Crippen molar-refractivity contribution < 1.29 is 4.79 Å². The van der Waals surface area contributed by atoms with E-state index in [9.17, 15) is 9.59 Å². The minimum absolute atomic E-state index is 0.179. The summed E-state index contributed by atoms with van der Waals surface area (Å²) in [6, 6.07) is 5.62. The Bertz CT molecular complexity index is 642. The van der Waals surface area contributed by atoms with Crippen LogP contribution in [0.3, 0.4) is 0 Å². The molecule has 0 N–H and O–H groups in total. The lowest BCUT2D eigenvalue weighted by Crippen LogP contribution is -2.10. The molecule has 0 spiro atoms. The lowest BCUT2D eigenvalue weighted by atomic mass is 10.1. The van der Waals surface area contributed by atoms with Crippen LogP contribution in [0.25, 0.3) is 5.69 Å². The van der Waals surface area contributed by atoms with E-state index in [1.54, 1.807) is 0 Å². The van der Waals surface area contributed by atoms with Crippen LogP contribution in [0, 0.1) is 13.8 Å². The molecule has 0 radical (unpaired) electrons. The molecule has 0 unspecified atom stereocenters. The molecule has 0 saturated carbocycles. The number of hydrogen-bond donors (Lipinski definition) is 0. The van der Waals surface area contributed by atoms with E-state index in [1.165, 1.54) is 4.57 Å². The Morgan fingerprint density at radius 1 is 1.29 bits per heavy atom. The molecule has 0 atom stereocenters. The lowest BCUT2D eigenvalue weighted by Gasteiger charge is -2.06. The third-order valence-corrected chi connectivity index (χ3v) is 3.99. The number of carbonyl (C=O) groups is 1. The van der Waals surface area contributed by atoms with Crippen molar-refractivity contribution in [2.75, 3.05) is 0 Å². The minimum atomic E-state index is -0.250. The highest BCUT2D eigenvalue weighted by atomic mass is 35.5. The van der Waals surface area contributed by atoms with E-state index in [-0.39, 0.29) is 14.9 Å². The van der Waals surface area contributed by atoms with Crippen molar-refractivity contribution >= 4 is 29.2 Å². The predicted molar refractivity (Wildman–Crippen MR) is 69.8 cm³/mol. The Labute approximate surface area is 107 Å². The Balaban J connectivity index is 2.68. The first-order valence-corrected chi connectivity index (χ1v) is 6.18. The summed E-state index contributed by atoms with van der Waals surface area (Å²) in [6.45, 7) is 3.96. The zero-order valence-corrected chi connectivity index (χ0v) is 10.9. The van der Waals surface area contributed by atoms with Gasteiger partial charge in [0.1, 0.15) is 10.0 Å². The second-order valence-electron chi connectivity index (χ2n) is 3.74. The summed E-state index contributed by atoms with van der Waals surface area (Å²) in [5, 5.41) is 0.179. The molecule has 2 rings (SSSR count).